The highest BCUT2D eigenvalue weighted by Gasteiger charge is 2.28. The van der Waals surface area contributed by atoms with Gasteiger partial charge in [-0.25, -0.2) is 0 Å². The second-order valence-corrected chi connectivity index (χ2v) is 4.50. The maximum atomic E-state index is 11.6. The topological polar surface area (TPSA) is 32.3 Å². The quantitative estimate of drug-likeness (QED) is 0.858. The van der Waals surface area contributed by atoms with Crippen molar-refractivity contribution in [3.05, 3.63) is 42.0 Å². The Balaban J connectivity index is 1.91. The largest absolute Gasteiger partial charge is 0.355 e. The van der Waals surface area contributed by atoms with Crippen molar-refractivity contribution in [2.45, 2.75) is 19.4 Å². The fraction of sp³-hybridized carbons (Fsp3) is 0.400. The molecule has 2 rings (SSSR count). The number of benzene rings is 1. The van der Waals surface area contributed by atoms with Crippen LogP contribution in [-0.2, 0) is 4.79 Å². The third-order valence-electron chi connectivity index (χ3n) is 3.32. The van der Waals surface area contributed by atoms with Crippen LogP contribution in [0.1, 0.15) is 18.9 Å². The van der Waals surface area contributed by atoms with Gasteiger partial charge in [-0.2, -0.15) is 0 Å². The molecule has 1 heterocycles. The highest BCUT2D eigenvalue weighted by Crippen LogP contribution is 2.10. The standard InChI is InChI=1S/C15H20N2O/c1-2-17(14-10-11-16-15(14)18)12-6-9-13-7-4-3-5-8-13/h3-9,14H,2,10-12H2,1H3,(H,16,18). The molecule has 1 unspecified atom stereocenters. The molecule has 0 bridgehead atoms. The van der Waals surface area contributed by atoms with E-state index in [2.05, 4.69) is 41.4 Å². The van der Waals surface area contributed by atoms with Gasteiger partial charge >= 0.3 is 0 Å². The van der Waals surface area contributed by atoms with Gasteiger partial charge in [-0.15, -0.1) is 0 Å². The molecule has 0 aromatic heterocycles. The van der Waals surface area contributed by atoms with Crippen molar-refractivity contribution < 1.29 is 4.79 Å². The predicted molar refractivity (Wildman–Crippen MR) is 74.1 cm³/mol. The van der Waals surface area contributed by atoms with Gasteiger partial charge in [0.1, 0.15) is 0 Å². The smallest absolute Gasteiger partial charge is 0.237 e. The number of carbonyl (C=O) groups excluding carboxylic acids is 1. The summed E-state index contributed by atoms with van der Waals surface area (Å²) < 4.78 is 0. The molecule has 1 atom stereocenters. The van der Waals surface area contributed by atoms with Gasteiger partial charge in [0.25, 0.3) is 0 Å². The van der Waals surface area contributed by atoms with Gasteiger partial charge in [-0.05, 0) is 18.5 Å². The van der Waals surface area contributed by atoms with Gasteiger partial charge in [-0.1, -0.05) is 49.4 Å². The molecule has 3 nitrogen and oxygen atoms in total. The van der Waals surface area contributed by atoms with Crippen molar-refractivity contribution in [1.82, 2.24) is 10.2 Å². The molecule has 0 aliphatic carbocycles. The summed E-state index contributed by atoms with van der Waals surface area (Å²) in [7, 11) is 0. The third kappa shape index (κ3) is 3.20. The number of rotatable bonds is 5. The van der Waals surface area contributed by atoms with Crippen LogP contribution in [0, 0.1) is 0 Å². The number of nitrogens with one attached hydrogen (secondary N) is 1. The van der Waals surface area contributed by atoms with Crippen LogP contribution in [-0.4, -0.2) is 36.5 Å². The van der Waals surface area contributed by atoms with Crippen molar-refractivity contribution in [3.8, 4) is 0 Å². The molecule has 1 aliphatic heterocycles. The van der Waals surface area contributed by atoms with Crippen molar-refractivity contribution >= 4 is 12.0 Å². The molecule has 18 heavy (non-hydrogen) atoms. The number of carbonyl (C=O) groups is 1. The van der Waals surface area contributed by atoms with Crippen LogP contribution in [0.2, 0.25) is 0 Å². The van der Waals surface area contributed by atoms with E-state index in [-0.39, 0.29) is 11.9 Å². The van der Waals surface area contributed by atoms with Crippen LogP contribution < -0.4 is 5.32 Å². The van der Waals surface area contributed by atoms with Crippen LogP contribution in [0.5, 0.6) is 0 Å². The molecule has 1 fully saturated rings. The lowest BCUT2D eigenvalue weighted by Crippen LogP contribution is -2.40. The lowest BCUT2D eigenvalue weighted by atomic mass is 10.2. The number of nitrogens with zero attached hydrogens (tertiary/aromatic N) is 1. The second kappa shape index (κ2) is 6.36. The zero-order valence-corrected chi connectivity index (χ0v) is 10.8. The van der Waals surface area contributed by atoms with Crippen LogP contribution in [0.3, 0.4) is 0 Å². The minimum absolute atomic E-state index is 0.0513. The summed E-state index contributed by atoms with van der Waals surface area (Å²) in [5, 5.41) is 2.89. The molecule has 0 radical (unpaired) electrons. The lowest BCUT2D eigenvalue weighted by molar-refractivity contribution is -0.123. The van der Waals surface area contributed by atoms with Gasteiger partial charge < -0.3 is 5.32 Å². The molecule has 1 aliphatic rings. The van der Waals surface area contributed by atoms with Crippen molar-refractivity contribution in [1.29, 1.82) is 0 Å². The highest BCUT2D eigenvalue weighted by atomic mass is 16.2. The Labute approximate surface area is 108 Å². The van der Waals surface area contributed by atoms with E-state index in [0.29, 0.717) is 0 Å². The molecule has 1 amide bonds. The van der Waals surface area contributed by atoms with E-state index in [1.807, 2.05) is 18.2 Å². The number of hydrogen-bond acceptors (Lipinski definition) is 2. The first-order valence-corrected chi connectivity index (χ1v) is 6.54. The van der Waals surface area contributed by atoms with E-state index in [1.54, 1.807) is 0 Å². The summed E-state index contributed by atoms with van der Waals surface area (Å²) in [6.45, 7) is 4.63. The first-order chi connectivity index (χ1) is 8.81. The third-order valence-corrected chi connectivity index (χ3v) is 3.32. The van der Waals surface area contributed by atoms with E-state index in [9.17, 15) is 4.79 Å². The van der Waals surface area contributed by atoms with E-state index in [1.165, 1.54) is 5.56 Å². The highest BCUT2D eigenvalue weighted by molar-refractivity contribution is 5.83. The Kier molecular flexibility index (Phi) is 4.53. The molecule has 3 heteroatoms. The second-order valence-electron chi connectivity index (χ2n) is 4.50. The van der Waals surface area contributed by atoms with Gasteiger partial charge in [0.05, 0.1) is 6.04 Å². The van der Waals surface area contributed by atoms with Gasteiger partial charge in [-0.3, -0.25) is 9.69 Å². The van der Waals surface area contributed by atoms with Crippen molar-refractivity contribution in [2.75, 3.05) is 19.6 Å². The SMILES string of the molecule is CCN(CC=Cc1ccccc1)C1CCNC1=O. The lowest BCUT2D eigenvalue weighted by Gasteiger charge is -2.23. The summed E-state index contributed by atoms with van der Waals surface area (Å²) in [5.41, 5.74) is 1.20. The zero-order chi connectivity index (χ0) is 12.8. The molecule has 1 saturated heterocycles. The van der Waals surface area contributed by atoms with Gasteiger partial charge in [0.15, 0.2) is 0 Å². The Morgan fingerprint density at radius 2 is 2.17 bits per heavy atom. The summed E-state index contributed by atoms with van der Waals surface area (Å²) in [5.74, 6) is 0.171. The Hall–Kier alpha value is -1.61. The number of hydrogen-bond donors (Lipinski definition) is 1. The molecule has 1 N–H and O–H groups in total. The fourth-order valence-corrected chi connectivity index (χ4v) is 2.29. The zero-order valence-electron chi connectivity index (χ0n) is 10.8. The van der Waals surface area contributed by atoms with Crippen LogP contribution >= 0.6 is 0 Å². The Bertz CT molecular complexity index is 414. The number of likely N-dealkylation sites (N-methyl/N-ethyl adjacent to an activating group) is 1. The van der Waals surface area contributed by atoms with Crippen LogP contribution in [0.4, 0.5) is 0 Å². The summed E-state index contributed by atoms with van der Waals surface area (Å²) in [6.07, 6.45) is 5.16. The molecule has 0 spiro atoms. The molecule has 0 saturated carbocycles. The summed E-state index contributed by atoms with van der Waals surface area (Å²) in [4.78, 5) is 13.8. The normalized spacial score (nSPS) is 19.7. The fourth-order valence-electron chi connectivity index (χ4n) is 2.29. The summed E-state index contributed by atoms with van der Waals surface area (Å²) >= 11 is 0. The van der Waals surface area contributed by atoms with E-state index in [4.69, 9.17) is 0 Å². The average Bonchev–Trinajstić information content (AvgIpc) is 2.82. The maximum Gasteiger partial charge on any atom is 0.237 e. The van der Waals surface area contributed by atoms with Gasteiger partial charge in [0.2, 0.25) is 5.91 Å². The van der Waals surface area contributed by atoms with Gasteiger partial charge in [0, 0.05) is 13.1 Å². The van der Waals surface area contributed by atoms with Crippen LogP contribution in [0.15, 0.2) is 36.4 Å². The molecule has 1 aromatic carbocycles. The first-order valence-electron chi connectivity index (χ1n) is 6.54. The van der Waals surface area contributed by atoms with E-state index < -0.39 is 0 Å². The van der Waals surface area contributed by atoms with E-state index >= 15 is 0 Å². The minimum atomic E-state index is 0.0513. The molecule has 1 aromatic rings. The van der Waals surface area contributed by atoms with Crippen molar-refractivity contribution in [2.24, 2.45) is 0 Å². The first kappa shape index (κ1) is 12.8. The maximum absolute atomic E-state index is 11.6. The van der Waals surface area contributed by atoms with Crippen molar-refractivity contribution in [3.63, 3.8) is 0 Å². The average molecular weight is 244 g/mol. The number of amides is 1. The Morgan fingerprint density at radius 3 is 2.78 bits per heavy atom. The summed E-state index contributed by atoms with van der Waals surface area (Å²) in [6, 6.07) is 10.3. The van der Waals surface area contributed by atoms with Crippen LogP contribution in [0.25, 0.3) is 6.08 Å². The monoisotopic (exact) mass is 244 g/mol. The predicted octanol–water partition coefficient (Wildman–Crippen LogP) is 1.91. The molecular formula is C15H20N2O. The molecular weight excluding hydrogens is 224 g/mol. The Morgan fingerprint density at radius 1 is 1.39 bits per heavy atom. The molecule has 96 valence electrons. The van der Waals surface area contributed by atoms with E-state index in [0.717, 1.165) is 26.1 Å². The minimum Gasteiger partial charge on any atom is -0.355 e.